The molecular weight excluding hydrogens is 681 g/mol. The van der Waals surface area contributed by atoms with E-state index in [1.165, 1.54) is 24.3 Å². The minimum atomic E-state index is -4.35. The molecule has 4 atom stereocenters. The molecule has 6 rings (SSSR count). The number of rotatable bonds is 12. The first-order chi connectivity index (χ1) is 24.8. The molecule has 3 amide bonds. The molecule has 11 nitrogen and oxygen atoms in total. The van der Waals surface area contributed by atoms with E-state index in [0.29, 0.717) is 18.8 Å². The van der Waals surface area contributed by atoms with Gasteiger partial charge in [-0.15, -0.1) is 6.58 Å². The average Bonchev–Trinajstić information content (AvgIpc) is 3.69. The summed E-state index contributed by atoms with van der Waals surface area (Å²) in [6, 6.07) is 28.8. The van der Waals surface area contributed by atoms with Gasteiger partial charge in [-0.3, -0.25) is 14.5 Å². The molecule has 12 heteroatoms. The highest BCUT2D eigenvalue weighted by molar-refractivity contribution is 7.90. The lowest BCUT2D eigenvalue weighted by atomic mass is 10.0. The number of hydrogen-bond donors (Lipinski definition) is 3. The second kappa shape index (κ2) is 14.8. The summed E-state index contributed by atoms with van der Waals surface area (Å²) in [5.41, 5.74) is -0.310. The Morgan fingerprint density at radius 2 is 1.65 bits per heavy atom. The Bertz CT molecular complexity index is 2080. The summed E-state index contributed by atoms with van der Waals surface area (Å²) < 4.78 is 40.5. The summed E-state index contributed by atoms with van der Waals surface area (Å²) in [6.45, 7) is 10.5. The van der Waals surface area contributed by atoms with Gasteiger partial charge < -0.3 is 20.1 Å². The normalized spacial score (nSPS) is 21.6. The van der Waals surface area contributed by atoms with Crippen molar-refractivity contribution in [1.82, 2.24) is 20.3 Å². The molecule has 0 spiro atoms. The molecule has 0 aromatic heterocycles. The molecule has 1 saturated carbocycles. The summed E-state index contributed by atoms with van der Waals surface area (Å²) in [6.07, 6.45) is 1.04. The Hall–Kier alpha value is -5.20. The van der Waals surface area contributed by atoms with Gasteiger partial charge >= 0.3 is 6.09 Å². The highest BCUT2D eigenvalue weighted by Gasteiger charge is 2.61. The number of likely N-dealkylation sites (tertiary alicyclic amines) is 1. The first kappa shape index (κ1) is 36.6. The number of sulfonamides is 1. The quantitative estimate of drug-likeness (QED) is 0.167. The van der Waals surface area contributed by atoms with Gasteiger partial charge in [-0.1, -0.05) is 84.9 Å². The fraction of sp³-hybridized carbons (Fsp3) is 0.325. The van der Waals surface area contributed by atoms with Gasteiger partial charge in [-0.2, -0.15) is 0 Å². The van der Waals surface area contributed by atoms with Crippen LogP contribution >= 0.6 is 0 Å². The van der Waals surface area contributed by atoms with Gasteiger partial charge in [0.2, 0.25) is 5.91 Å². The molecule has 52 heavy (non-hydrogen) atoms. The number of nitrogens with zero attached hydrogens (tertiary/aromatic N) is 1. The van der Waals surface area contributed by atoms with Gasteiger partial charge in [0.05, 0.1) is 16.9 Å². The number of ether oxygens (including phenoxy) is 2. The molecule has 0 unspecified atom stereocenters. The van der Waals surface area contributed by atoms with Crippen molar-refractivity contribution >= 4 is 38.7 Å². The zero-order chi connectivity index (χ0) is 37.1. The molecule has 1 saturated heterocycles. The molecular formula is C40H44N4O7S. The van der Waals surface area contributed by atoms with Crippen molar-refractivity contribution in [1.29, 1.82) is 0 Å². The highest BCUT2D eigenvalue weighted by Crippen LogP contribution is 2.45. The fourth-order valence-electron chi connectivity index (χ4n) is 6.65. The second-order valence-corrected chi connectivity index (χ2v) is 16.1. The number of carbonyl (C=O) groups is 3. The van der Waals surface area contributed by atoms with Crippen molar-refractivity contribution in [3.63, 3.8) is 0 Å². The van der Waals surface area contributed by atoms with Gasteiger partial charge in [0, 0.05) is 31.6 Å². The monoisotopic (exact) mass is 724 g/mol. The maximum Gasteiger partial charge on any atom is 0.407 e. The standard InChI is InChI=1S/C40H44N4O7S/c1-5-30-22-40(30,37(46)43-52(48,49)32-19-12-18-31(21-32)50-26-27-13-7-6-8-14-27)42-36(45)34-24-44(25-35(34)41-38(47)51-39(2,3)4)23-29-17-11-16-28-15-9-10-20-33(28)29/h5-21,30,34-35H,1,22-26H2,2-4H3,(H,41,47)(H,42,45)(H,43,46)/t30-,34+,35-,40-/m1/s1. The van der Waals surface area contributed by atoms with Crippen LogP contribution in [0.3, 0.4) is 0 Å². The fourth-order valence-corrected chi connectivity index (χ4v) is 7.72. The second-order valence-electron chi connectivity index (χ2n) is 14.4. The molecule has 4 aromatic rings. The molecule has 1 aliphatic carbocycles. The summed E-state index contributed by atoms with van der Waals surface area (Å²) in [4.78, 5) is 42.7. The van der Waals surface area contributed by atoms with E-state index in [0.717, 1.165) is 21.9 Å². The first-order valence-corrected chi connectivity index (χ1v) is 18.7. The van der Waals surface area contributed by atoms with Gasteiger partial charge in [-0.05, 0) is 61.2 Å². The van der Waals surface area contributed by atoms with Crippen LogP contribution in [-0.2, 0) is 37.5 Å². The Morgan fingerprint density at radius 3 is 2.38 bits per heavy atom. The summed E-state index contributed by atoms with van der Waals surface area (Å²) >= 11 is 0. The van der Waals surface area contributed by atoms with Crippen LogP contribution in [0.5, 0.6) is 5.75 Å². The Labute approximate surface area is 304 Å². The molecule has 272 valence electrons. The van der Waals surface area contributed by atoms with Crippen LogP contribution in [0.2, 0.25) is 0 Å². The lowest BCUT2D eigenvalue weighted by Crippen LogP contribution is -2.55. The molecule has 3 N–H and O–H groups in total. The van der Waals surface area contributed by atoms with Crippen LogP contribution < -0.4 is 20.1 Å². The van der Waals surface area contributed by atoms with Crippen LogP contribution in [0.15, 0.2) is 115 Å². The minimum Gasteiger partial charge on any atom is -0.489 e. The zero-order valence-electron chi connectivity index (χ0n) is 29.5. The lowest BCUT2D eigenvalue weighted by Gasteiger charge is -2.25. The van der Waals surface area contributed by atoms with E-state index in [9.17, 15) is 22.8 Å². The summed E-state index contributed by atoms with van der Waals surface area (Å²) in [7, 11) is -4.35. The van der Waals surface area contributed by atoms with Crippen LogP contribution in [0.25, 0.3) is 10.8 Å². The predicted molar refractivity (Wildman–Crippen MR) is 198 cm³/mol. The molecule has 1 aliphatic heterocycles. The number of carbonyl (C=O) groups excluding carboxylic acids is 3. The molecule has 0 bridgehead atoms. The first-order valence-electron chi connectivity index (χ1n) is 17.2. The van der Waals surface area contributed by atoms with Crippen LogP contribution in [-0.4, -0.2) is 61.5 Å². The van der Waals surface area contributed by atoms with E-state index in [2.05, 4.69) is 26.8 Å². The largest absolute Gasteiger partial charge is 0.489 e. The van der Waals surface area contributed by atoms with E-state index in [1.54, 1.807) is 26.8 Å². The Balaban J connectivity index is 1.18. The SMILES string of the molecule is C=C[C@@H]1C[C@]1(NC(=O)[C@H]1CN(Cc2cccc3ccccc23)C[C@H]1NC(=O)OC(C)(C)C)C(=O)NS(=O)(=O)c1cccc(OCc2ccccc2)c1. The number of amides is 3. The number of fused-ring (bicyclic) bond motifs is 1. The third-order valence-electron chi connectivity index (χ3n) is 9.35. The van der Waals surface area contributed by atoms with E-state index in [1.807, 2.05) is 72.8 Å². The van der Waals surface area contributed by atoms with Crippen LogP contribution in [0, 0.1) is 11.8 Å². The topological polar surface area (TPSA) is 143 Å². The summed E-state index contributed by atoms with van der Waals surface area (Å²) in [5, 5.41) is 7.93. The molecule has 4 aromatic carbocycles. The van der Waals surface area contributed by atoms with Crippen LogP contribution in [0.4, 0.5) is 4.79 Å². The van der Waals surface area contributed by atoms with Crippen molar-refractivity contribution in [3.05, 3.63) is 121 Å². The maximum absolute atomic E-state index is 14.1. The summed E-state index contributed by atoms with van der Waals surface area (Å²) in [5.74, 6) is -2.32. The third kappa shape index (κ3) is 8.46. The molecule has 0 radical (unpaired) electrons. The maximum atomic E-state index is 14.1. The third-order valence-corrected chi connectivity index (χ3v) is 10.7. The lowest BCUT2D eigenvalue weighted by molar-refractivity contribution is -0.131. The minimum absolute atomic E-state index is 0.162. The number of hydrogen-bond acceptors (Lipinski definition) is 8. The van der Waals surface area contributed by atoms with Gasteiger partial charge in [-0.25, -0.2) is 17.9 Å². The van der Waals surface area contributed by atoms with Gasteiger partial charge in [0.25, 0.3) is 15.9 Å². The van der Waals surface area contributed by atoms with Gasteiger partial charge in [0.1, 0.15) is 23.5 Å². The van der Waals surface area contributed by atoms with Crippen molar-refractivity contribution in [2.45, 2.75) is 62.4 Å². The van der Waals surface area contributed by atoms with Crippen LogP contribution in [0.1, 0.15) is 38.3 Å². The molecule has 2 fully saturated rings. The zero-order valence-corrected chi connectivity index (χ0v) is 30.3. The predicted octanol–water partition coefficient (Wildman–Crippen LogP) is 5.31. The van der Waals surface area contributed by atoms with Crippen molar-refractivity contribution in [2.75, 3.05) is 13.1 Å². The average molecular weight is 725 g/mol. The van der Waals surface area contributed by atoms with Crippen molar-refractivity contribution in [2.24, 2.45) is 11.8 Å². The van der Waals surface area contributed by atoms with Crippen molar-refractivity contribution < 1.29 is 32.3 Å². The van der Waals surface area contributed by atoms with Gasteiger partial charge in [0.15, 0.2) is 0 Å². The smallest absolute Gasteiger partial charge is 0.407 e. The molecule has 2 aliphatic rings. The Kier molecular flexibility index (Phi) is 10.4. The van der Waals surface area contributed by atoms with E-state index < -0.39 is 56.9 Å². The Morgan fingerprint density at radius 1 is 0.942 bits per heavy atom. The van der Waals surface area contributed by atoms with E-state index >= 15 is 0 Å². The number of nitrogens with one attached hydrogen (secondary N) is 3. The highest BCUT2D eigenvalue weighted by atomic mass is 32.2. The number of alkyl carbamates (subject to hydrolysis) is 1. The van der Waals surface area contributed by atoms with E-state index in [-0.39, 0.29) is 24.5 Å². The molecule has 1 heterocycles. The van der Waals surface area contributed by atoms with E-state index in [4.69, 9.17) is 9.47 Å². The number of benzene rings is 4. The van der Waals surface area contributed by atoms with Crippen molar-refractivity contribution in [3.8, 4) is 5.75 Å².